The molecule has 1 atom stereocenters. The maximum Gasteiger partial charge on any atom is 0.249 e. The number of halogens is 3. The van der Waals surface area contributed by atoms with Crippen molar-refractivity contribution in [1.82, 2.24) is 15.4 Å². The van der Waals surface area contributed by atoms with Gasteiger partial charge in [-0.2, -0.15) is 0 Å². The number of methoxy groups -OCH3 is 1. The number of amides is 1. The number of alkyl halides is 1. The number of carbonyl (C=O) groups is 1. The van der Waals surface area contributed by atoms with Gasteiger partial charge < -0.3 is 9.64 Å². The van der Waals surface area contributed by atoms with E-state index in [0.29, 0.717) is 48.1 Å². The molecule has 1 saturated heterocycles. The number of fused-ring (bicyclic) bond motifs is 1. The number of carbonyl (C=O) groups excluding carboxylic acids is 1. The third-order valence-electron chi connectivity index (χ3n) is 7.51. The summed E-state index contributed by atoms with van der Waals surface area (Å²) in [5.74, 6) is -0.140. The maximum absolute atomic E-state index is 15.7. The Kier molecular flexibility index (Phi) is 8.95. The van der Waals surface area contributed by atoms with Gasteiger partial charge in [0.25, 0.3) is 0 Å². The molecule has 0 radical (unpaired) electrons. The monoisotopic (exact) mass is 531 g/mol. The number of nitrogens with one attached hydrogen (secondary N) is 1. The van der Waals surface area contributed by atoms with Gasteiger partial charge in [-0.15, -0.1) is 0 Å². The van der Waals surface area contributed by atoms with Gasteiger partial charge in [0, 0.05) is 17.1 Å². The van der Waals surface area contributed by atoms with Crippen molar-refractivity contribution >= 4 is 28.4 Å². The zero-order valence-corrected chi connectivity index (χ0v) is 21.6. The molecule has 0 saturated carbocycles. The summed E-state index contributed by atoms with van der Waals surface area (Å²) in [6, 6.07) is 11.8. The number of piperidine rings is 1. The smallest absolute Gasteiger partial charge is 0.249 e. The standard InChI is InChI=1S/C28H32ClF2N3O3/c1-37-21-8-9-25-22(17-21)26(23(29)18-32-25)24(31)10-11-28(27(35)33-36)12-15-34(16-13-28)14-2-3-19-4-6-20(30)7-5-19/h4-9,17-18,24,36H,2-3,10-16H2,1H3,(H,33,35). The van der Waals surface area contributed by atoms with E-state index in [0.717, 1.165) is 24.9 Å². The van der Waals surface area contributed by atoms with Gasteiger partial charge in [0.05, 0.1) is 23.1 Å². The van der Waals surface area contributed by atoms with Crippen LogP contribution < -0.4 is 10.2 Å². The molecular weight excluding hydrogens is 500 g/mol. The van der Waals surface area contributed by atoms with E-state index < -0.39 is 17.5 Å². The van der Waals surface area contributed by atoms with Crippen LogP contribution in [0.15, 0.2) is 48.7 Å². The predicted molar refractivity (Wildman–Crippen MR) is 139 cm³/mol. The van der Waals surface area contributed by atoms with Crippen LogP contribution in [0.25, 0.3) is 10.9 Å². The molecule has 2 N–H and O–H groups in total. The minimum absolute atomic E-state index is 0.0774. The van der Waals surface area contributed by atoms with Gasteiger partial charge >= 0.3 is 0 Å². The maximum atomic E-state index is 15.7. The molecule has 1 amide bonds. The number of likely N-dealkylation sites (tertiary alicyclic amines) is 1. The van der Waals surface area contributed by atoms with Gasteiger partial charge in [-0.25, -0.2) is 14.3 Å². The van der Waals surface area contributed by atoms with E-state index in [1.54, 1.807) is 30.3 Å². The Bertz CT molecular complexity index is 1220. The molecule has 1 unspecified atom stereocenters. The third kappa shape index (κ3) is 6.37. The molecule has 0 spiro atoms. The van der Waals surface area contributed by atoms with E-state index in [-0.39, 0.29) is 23.7 Å². The fourth-order valence-electron chi connectivity index (χ4n) is 5.23. The number of benzene rings is 2. The van der Waals surface area contributed by atoms with Crippen molar-refractivity contribution in [3.8, 4) is 5.75 Å². The van der Waals surface area contributed by atoms with Crippen molar-refractivity contribution in [1.29, 1.82) is 0 Å². The van der Waals surface area contributed by atoms with Gasteiger partial charge in [0.1, 0.15) is 17.7 Å². The second kappa shape index (κ2) is 12.2. The SMILES string of the molecule is COc1ccc2ncc(Cl)c(C(F)CCC3(C(=O)NO)CCN(CCCc4ccc(F)cc4)CC3)c2c1. The summed E-state index contributed by atoms with van der Waals surface area (Å²) in [5.41, 5.74) is 2.99. The van der Waals surface area contributed by atoms with E-state index >= 15 is 4.39 Å². The molecule has 3 aromatic rings. The first-order valence-corrected chi connectivity index (χ1v) is 12.9. The molecule has 1 aliphatic rings. The second-order valence-corrected chi connectivity index (χ2v) is 10.1. The van der Waals surface area contributed by atoms with Crippen molar-refractivity contribution in [3.05, 3.63) is 70.6 Å². The van der Waals surface area contributed by atoms with E-state index in [9.17, 15) is 14.4 Å². The van der Waals surface area contributed by atoms with E-state index in [1.807, 2.05) is 5.48 Å². The Balaban J connectivity index is 1.39. The van der Waals surface area contributed by atoms with Crippen LogP contribution in [0.1, 0.15) is 49.4 Å². The lowest BCUT2D eigenvalue weighted by atomic mass is 9.73. The third-order valence-corrected chi connectivity index (χ3v) is 7.81. The lowest BCUT2D eigenvalue weighted by Crippen LogP contribution is -2.48. The highest BCUT2D eigenvalue weighted by Crippen LogP contribution is 2.42. The molecule has 37 heavy (non-hydrogen) atoms. The highest BCUT2D eigenvalue weighted by molar-refractivity contribution is 6.32. The molecule has 2 aromatic carbocycles. The molecule has 2 heterocycles. The van der Waals surface area contributed by atoms with E-state index in [4.69, 9.17) is 16.3 Å². The Hall–Kier alpha value is -2.81. The minimum Gasteiger partial charge on any atom is -0.497 e. The average molecular weight is 532 g/mol. The largest absolute Gasteiger partial charge is 0.497 e. The van der Waals surface area contributed by atoms with Crippen LogP contribution in [-0.2, 0) is 11.2 Å². The fourth-order valence-corrected chi connectivity index (χ4v) is 5.50. The number of hydrogen-bond donors (Lipinski definition) is 2. The summed E-state index contributed by atoms with van der Waals surface area (Å²) < 4.78 is 34.1. The highest BCUT2D eigenvalue weighted by atomic mass is 35.5. The van der Waals surface area contributed by atoms with Crippen molar-refractivity contribution in [3.63, 3.8) is 0 Å². The first kappa shape index (κ1) is 27.2. The molecule has 1 aliphatic heterocycles. The van der Waals surface area contributed by atoms with Crippen LogP contribution in [0.4, 0.5) is 8.78 Å². The zero-order valence-electron chi connectivity index (χ0n) is 20.9. The average Bonchev–Trinajstić information content (AvgIpc) is 2.92. The molecular formula is C28H32ClF2N3O3. The topological polar surface area (TPSA) is 74.7 Å². The molecule has 6 nitrogen and oxygen atoms in total. The first-order chi connectivity index (χ1) is 17.8. The van der Waals surface area contributed by atoms with Crippen LogP contribution in [-0.4, -0.2) is 47.7 Å². The van der Waals surface area contributed by atoms with Crippen LogP contribution in [0.5, 0.6) is 5.75 Å². The van der Waals surface area contributed by atoms with Gasteiger partial charge in [-0.1, -0.05) is 23.7 Å². The predicted octanol–water partition coefficient (Wildman–Crippen LogP) is 6.05. The van der Waals surface area contributed by atoms with Gasteiger partial charge in [0.2, 0.25) is 5.91 Å². The number of hydroxylamine groups is 1. The summed E-state index contributed by atoms with van der Waals surface area (Å²) in [6.45, 7) is 2.19. The van der Waals surface area contributed by atoms with E-state index in [1.165, 1.54) is 25.4 Å². The molecule has 1 aromatic heterocycles. The number of rotatable bonds is 10. The number of nitrogens with zero attached hydrogens (tertiary/aromatic N) is 2. The second-order valence-electron chi connectivity index (χ2n) is 9.70. The van der Waals surface area contributed by atoms with Crippen molar-refractivity contribution in [2.24, 2.45) is 5.41 Å². The summed E-state index contributed by atoms with van der Waals surface area (Å²) in [6.07, 6.45) is 3.16. The Morgan fingerprint density at radius 3 is 2.65 bits per heavy atom. The van der Waals surface area contributed by atoms with Crippen molar-refractivity contribution in [2.75, 3.05) is 26.7 Å². The number of pyridine rings is 1. The Labute approximate surface area is 220 Å². The summed E-state index contributed by atoms with van der Waals surface area (Å²) in [5, 5.41) is 10.3. The zero-order chi connectivity index (χ0) is 26.4. The lowest BCUT2D eigenvalue weighted by molar-refractivity contribution is -0.143. The molecule has 1 fully saturated rings. The number of aryl methyl sites for hydroxylation is 1. The molecule has 0 bridgehead atoms. The summed E-state index contributed by atoms with van der Waals surface area (Å²) in [7, 11) is 1.54. The molecule has 198 valence electrons. The number of hydrogen-bond acceptors (Lipinski definition) is 5. The lowest BCUT2D eigenvalue weighted by Gasteiger charge is -2.40. The van der Waals surface area contributed by atoms with Crippen LogP contribution in [0.3, 0.4) is 0 Å². The van der Waals surface area contributed by atoms with Crippen LogP contribution in [0.2, 0.25) is 5.02 Å². The normalized spacial score (nSPS) is 16.5. The quantitative estimate of drug-likeness (QED) is 0.246. The summed E-state index contributed by atoms with van der Waals surface area (Å²) >= 11 is 6.37. The van der Waals surface area contributed by atoms with Crippen molar-refractivity contribution < 1.29 is 23.5 Å². The Morgan fingerprint density at radius 1 is 1.24 bits per heavy atom. The van der Waals surface area contributed by atoms with Crippen molar-refractivity contribution in [2.45, 2.75) is 44.7 Å². The van der Waals surface area contributed by atoms with Crippen LogP contribution in [0, 0.1) is 11.2 Å². The Morgan fingerprint density at radius 2 is 1.97 bits per heavy atom. The molecule has 4 rings (SSSR count). The van der Waals surface area contributed by atoms with E-state index in [2.05, 4.69) is 9.88 Å². The fraction of sp³-hybridized carbons (Fsp3) is 0.429. The summed E-state index contributed by atoms with van der Waals surface area (Å²) in [4.78, 5) is 19.3. The minimum atomic E-state index is -1.41. The van der Waals surface area contributed by atoms with Gasteiger partial charge in [-0.3, -0.25) is 15.0 Å². The highest BCUT2D eigenvalue weighted by Gasteiger charge is 2.41. The van der Waals surface area contributed by atoms with Crippen LogP contribution >= 0.6 is 11.6 Å². The van der Waals surface area contributed by atoms with Gasteiger partial charge in [-0.05, 0) is 94.1 Å². The molecule has 0 aliphatic carbocycles. The first-order valence-electron chi connectivity index (χ1n) is 12.5. The number of aromatic nitrogens is 1. The number of ether oxygens (including phenoxy) is 1. The van der Waals surface area contributed by atoms with Gasteiger partial charge in [0.15, 0.2) is 0 Å². The molecule has 9 heteroatoms.